The largest absolute Gasteiger partial charge is 0.364 e. The molecule has 3 nitrogen and oxygen atoms in total. The van der Waals surface area contributed by atoms with Gasteiger partial charge in [0.2, 0.25) is 0 Å². The number of piperidine rings is 1. The number of pyridine rings is 1. The van der Waals surface area contributed by atoms with E-state index < -0.39 is 0 Å². The zero-order valence-corrected chi connectivity index (χ0v) is 15.0. The summed E-state index contributed by atoms with van der Waals surface area (Å²) in [7, 11) is 0. The van der Waals surface area contributed by atoms with Crippen LogP contribution in [-0.4, -0.2) is 21.6 Å². The number of anilines is 1. The lowest BCUT2D eigenvalue weighted by Gasteiger charge is -2.42. The van der Waals surface area contributed by atoms with Gasteiger partial charge in [-0.3, -0.25) is 4.98 Å². The van der Waals surface area contributed by atoms with Crippen molar-refractivity contribution in [3.05, 3.63) is 54.2 Å². The Kier molecular flexibility index (Phi) is 3.98. The van der Waals surface area contributed by atoms with Gasteiger partial charge in [-0.15, -0.1) is 0 Å². The molecule has 0 aliphatic carbocycles. The number of fused-ring (bicyclic) bond motifs is 1. The standard InChI is InChI=1S/C21H24FN3/c1-14-11-19-20(23-14)12-24(18-9-7-17(22)8-10-18)13-21(19)25-15(2)5-4-6-16(25)3/h7-13,15-16H,4-6H2,1-3H3/t15-,16+. The highest BCUT2D eigenvalue weighted by Crippen LogP contribution is 2.38. The second-order valence-corrected chi connectivity index (χ2v) is 7.26. The van der Waals surface area contributed by atoms with E-state index in [-0.39, 0.29) is 5.82 Å². The molecule has 25 heavy (non-hydrogen) atoms. The van der Waals surface area contributed by atoms with Crippen LogP contribution in [-0.2, 0) is 0 Å². The van der Waals surface area contributed by atoms with Crippen molar-refractivity contribution in [3.63, 3.8) is 0 Å². The summed E-state index contributed by atoms with van der Waals surface area (Å²) in [6.45, 7) is 6.65. The van der Waals surface area contributed by atoms with Crippen LogP contribution < -0.4 is 4.90 Å². The normalized spacial score (nSPS) is 21.0. The molecular weight excluding hydrogens is 313 g/mol. The average Bonchev–Trinajstić information content (AvgIpc) is 2.95. The van der Waals surface area contributed by atoms with Gasteiger partial charge in [0.1, 0.15) is 5.82 Å². The summed E-state index contributed by atoms with van der Waals surface area (Å²) in [6.07, 6.45) is 7.92. The fourth-order valence-corrected chi connectivity index (χ4v) is 4.10. The van der Waals surface area contributed by atoms with Gasteiger partial charge in [-0.05, 0) is 70.4 Å². The molecule has 4 rings (SSSR count). The van der Waals surface area contributed by atoms with Gasteiger partial charge in [0.15, 0.2) is 0 Å². The molecule has 0 amide bonds. The number of aryl methyl sites for hydroxylation is 1. The number of hydrogen-bond acceptors (Lipinski definition) is 2. The highest BCUT2D eigenvalue weighted by molar-refractivity contribution is 5.79. The Morgan fingerprint density at radius 3 is 2.40 bits per heavy atom. The third kappa shape index (κ3) is 2.90. The Bertz CT molecular complexity index is 842. The second-order valence-electron chi connectivity index (χ2n) is 7.26. The molecule has 1 fully saturated rings. The smallest absolute Gasteiger partial charge is 0.123 e. The van der Waals surface area contributed by atoms with Crippen LogP contribution in [0.5, 0.6) is 0 Å². The van der Waals surface area contributed by atoms with Crippen LogP contribution in [0.25, 0.3) is 16.9 Å². The maximum atomic E-state index is 13.3. The molecule has 130 valence electrons. The van der Waals surface area contributed by atoms with E-state index in [1.54, 1.807) is 0 Å². The van der Waals surface area contributed by atoms with Crippen molar-refractivity contribution in [2.75, 3.05) is 4.90 Å². The molecule has 0 saturated carbocycles. The molecule has 0 aromatic heterocycles. The number of hydrogen-bond donors (Lipinski definition) is 0. The Hall–Kier alpha value is -2.36. The monoisotopic (exact) mass is 337 g/mol. The quantitative estimate of drug-likeness (QED) is 0.641. The molecule has 0 N–H and O–H groups in total. The first-order chi connectivity index (χ1) is 12.0. The van der Waals surface area contributed by atoms with Crippen LogP contribution in [0, 0.1) is 12.7 Å². The van der Waals surface area contributed by atoms with Crippen molar-refractivity contribution in [2.45, 2.75) is 52.1 Å². The van der Waals surface area contributed by atoms with Crippen LogP contribution in [0.4, 0.5) is 10.1 Å². The number of halogens is 1. The van der Waals surface area contributed by atoms with Gasteiger partial charge in [0.05, 0.1) is 11.4 Å². The highest BCUT2D eigenvalue weighted by Gasteiger charge is 2.28. The molecule has 0 bridgehead atoms. The summed E-state index contributed by atoms with van der Waals surface area (Å²) in [5.74, 6) is -0.216. The Balaban J connectivity index is 1.89. The van der Waals surface area contributed by atoms with Gasteiger partial charge >= 0.3 is 0 Å². The maximum Gasteiger partial charge on any atom is 0.123 e. The summed E-state index contributed by atoms with van der Waals surface area (Å²) in [5.41, 5.74) is 5.40. The lowest BCUT2D eigenvalue weighted by molar-refractivity contribution is 0.414. The highest BCUT2D eigenvalue weighted by atomic mass is 19.1. The first-order valence-corrected chi connectivity index (χ1v) is 9.06. The van der Waals surface area contributed by atoms with E-state index in [4.69, 9.17) is 4.98 Å². The molecule has 3 aliphatic heterocycles. The maximum absolute atomic E-state index is 13.3. The Labute approximate surface area is 148 Å². The minimum atomic E-state index is -0.216. The van der Waals surface area contributed by atoms with Crippen LogP contribution in [0.3, 0.4) is 0 Å². The van der Waals surface area contributed by atoms with Crippen LogP contribution in [0.2, 0.25) is 0 Å². The van der Waals surface area contributed by atoms with E-state index in [2.05, 4.69) is 35.6 Å². The number of benzene rings is 1. The zero-order valence-electron chi connectivity index (χ0n) is 15.0. The van der Waals surface area contributed by atoms with Crippen molar-refractivity contribution in [1.29, 1.82) is 0 Å². The third-order valence-corrected chi connectivity index (χ3v) is 5.32. The van der Waals surface area contributed by atoms with Crippen molar-refractivity contribution in [1.82, 2.24) is 9.55 Å². The molecule has 1 saturated heterocycles. The summed E-state index contributed by atoms with van der Waals surface area (Å²) >= 11 is 0. The van der Waals surface area contributed by atoms with Crippen LogP contribution >= 0.6 is 0 Å². The summed E-state index contributed by atoms with van der Waals surface area (Å²) in [5, 5.41) is 0. The van der Waals surface area contributed by atoms with E-state index in [1.165, 1.54) is 42.6 Å². The molecule has 1 aromatic carbocycles. The van der Waals surface area contributed by atoms with E-state index in [1.807, 2.05) is 25.3 Å². The molecule has 1 aromatic rings. The first-order valence-electron chi connectivity index (χ1n) is 9.06. The van der Waals surface area contributed by atoms with Crippen molar-refractivity contribution < 1.29 is 4.39 Å². The van der Waals surface area contributed by atoms with Crippen molar-refractivity contribution in [2.24, 2.45) is 0 Å². The van der Waals surface area contributed by atoms with Gasteiger partial charge in [0, 0.05) is 41.4 Å². The van der Waals surface area contributed by atoms with E-state index in [0.29, 0.717) is 12.1 Å². The Morgan fingerprint density at radius 2 is 1.72 bits per heavy atom. The lowest BCUT2D eigenvalue weighted by atomic mass is 9.95. The fourth-order valence-electron chi connectivity index (χ4n) is 4.10. The third-order valence-electron chi connectivity index (χ3n) is 5.32. The summed E-state index contributed by atoms with van der Waals surface area (Å²) < 4.78 is 15.4. The predicted molar refractivity (Wildman–Crippen MR) is 100 cm³/mol. The molecule has 2 atom stereocenters. The van der Waals surface area contributed by atoms with Crippen LogP contribution in [0.1, 0.15) is 38.8 Å². The molecule has 0 radical (unpaired) electrons. The zero-order chi connectivity index (χ0) is 17.6. The fraction of sp³-hybridized carbons (Fsp3) is 0.381. The Morgan fingerprint density at radius 1 is 1.04 bits per heavy atom. The van der Waals surface area contributed by atoms with Crippen molar-refractivity contribution in [3.8, 4) is 16.9 Å². The van der Waals surface area contributed by atoms with Gasteiger partial charge < -0.3 is 9.47 Å². The van der Waals surface area contributed by atoms with E-state index in [0.717, 1.165) is 17.1 Å². The van der Waals surface area contributed by atoms with Gasteiger partial charge in [-0.2, -0.15) is 0 Å². The minimum absolute atomic E-state index is 0.216. The molecule has 0 unspecified atom stereocenters. The predicted octanol–water partition coefficient (Wildman–Crippen LogP) is 5.19. The summed E-state index contributed by atoms with van der Waals surface area (Å²) in [4.78, 5) is 7.24. The summed E-state index contributed by atoms with van der Waals surface area (Å²) in [6, 6.07) is 9.81. The molecule has 0 spiro atoms. The average molecular weight is 337 g/mol. The molecular formula is C21H24FN3. The number of rotatable bonds is 2. The number of aromatic nitrogens is 2. The molecule has 4 heteroatoms. The lowest BCUT2D eigenvalue weighted by Crippen LogP contribution is -2.44. The van der Waals surface area contributed by atoms with E-state index in [9.17, 15) is 4.39 Å². The second kappa shape index (κ2) is 6.17. The van der Waals surface area contributed by atoms with Gasteiger partial charge in [-0.1, -0.05) is 0 Å². The van der Waals surface area contributed by atoms with Crippen LogP contribution in [0.15, 0.2) is 42.7 Å². The van der Waals surface area contributed by atoms with Gasteiger partial charge in [-0.25, -0.2) is 4.39 Å². The SMILES string of the molecule is Cc1cc2c(N3[C@H](C)CCC[C@@H]3C)cn(-c3ccc(F)cc3)cc-2n1. The van der Waals surface area contributed by atoms with Crippen molar-refractivity contribution >= 4 is 5.69 Å². The molecule has 3 aliphatic rings. The topological polar surface area (TPSA) is 21.1 Å². The first kappa shape index (κ1) is 16.1. The van der Waals surface area contributed by atoms with Gasteiger partial charge in [0.25, 0.3) is 0 Å². The minimum Gasteiger partial charge on any atom is -0.364 e. The van der Waals surface area contributed by atoms with E-state index >= 15 is 0 Å². The molecule has 3 heterocycles. The number of nitrogens with zero attached hydrogens (tertiary/aromatic N) is 3.